The molecule has 1 aliphatic heterocycles. The van der Waals surface area contributed by atoms with Crippen LogP contribution in [-0.2, 0) is 14.3 Å². The van der Waals surface area contributed by atoms with E-state index in [9.17, 15) is 18.4 Å². The minimum absolute atomic E-state index is 0.0604. The molecule has 0 spiro atoms. The molecule has 4 aliphatic carbocycles. The summed E-state index contributed by atoms with van der Waals surface area (Å²) in [6.07, 6.45) is 3.88. The van der Waals surface area contributed by atoms with Crippen LogP contribution in [0.4, 0.5) is 14.5 Å². The molecule has 0 atom stereocenters. The summed E-state index contributed by atoms with van der Waals surface area (Å²) in [6, 6.07) is 3.94. The Balaban J connectivity index is 1.12. The molecule has 4 bridgehead atoms. The van der Waals surface area contributed by atoms with Gasteiger partial charge in [0, 0.05) is 11.8 Å². The molecule has 6 nitrogen and oxygen atoms in total. The van der Waals surface area contributed by atoms with Crippen LogP contribution in [0.3, 0.4) is 0 Å². The Kier molecular flexibility index (Phi) is 4.22. The van der Waals surface area contributed by atoms with Gasteiger partial charge in [0.2, 0.25) is 0 Å². The van der Waals surface area contributed by atoms with Crippen LogP contribution < -0.4 is 14.8 Å². The second-order valence-corrected chi connectivity index (χ2v) is 9.13. The maximum atomic E-state index is 13.1. The van der Waals surface area contributed by atoms with Crippen molar-refractivity contribution in [2.75, 3.05) is 11.9 Å². The van der Waals surface area contributed by atoms with Crippen LogP contribution in [0.2, 0.25) is 0 Å². The highest BCUT2D eigenvalue weighted by molar-refractivity contribution is 5.93. The lowest BCUT2D eigenvalue weighted by atomic mass is 9.49. The Morgan fingerprint density at radius 1 is 1.03 bits per heavy atom. The molecular formula is C21H23F2NO5. The fourth-order valence-electron chi connectivity index (χ4n) is 6.23. The number of hydrogen-bond acceptors (Lipinski definition) is 5. The number of carbonyl (C=O) groups is 2. The van der Waals surface area contributed by atoms with E-state index in [1.165, 1.54) is 37.5 Å². The minimum atomic E-state index is -3.71. The number of amides is 1. The molecule has 8 heteroatoms. The van der Waals surface area contributed by atoms with Crippen LogP contribution in [0, 0.1) is 23.2 Å². The highest BCUT2D eigenvalue weighted by atomic mass is 19.3. The summed E-state index contributed by atoms with van der Waals surface area (Å²) in [5, 5.41) is 2.52. The number of nitrogens with one attached hydrogen (secondary N) is 1. The zero-order valence-corrected chi connectivity index (χ0v) is 15.9. The molecule has 0 unspecified atom stereocenters. The van der Waals surface area contributed by atoms with Crippen molar-refractivity contribution in [3.63, 3.8) is 0 Å². The third kappa shape index (κ3) is 3.76. The molecule has 0 radical (unpaired) electrons. The molecular weight excluding hydrogens is 384 g/mol. The summed E-state index contributed by atoms with van der Waals surface area (Å²) < 4.78 is 40.0. The average Bonchev–Trinajstić information content (AvgIpc) is 2.91. The second kappa shape index (κ2) is 6.57. The van der Waals surface area contributed by atoms with Gasteiger partial charge in [-0.3, -0.25) is 9.59 Å². The molecule has 0 aromatic heterocycles. The molecule has 6 rings (SSSR count). The Morgan fingerprint density at radius 2 is 1.66 bits per heavy atom. The molecule has 1 amide bonds. The quantitative estimate of drug-likeness (QED) is 0.744. The number of anilines is 1. The van der Waals surface area contributed by atoms with Gasteiger partial charge in [-0.1, -0.05) is 0 Å². The minimum Gasteiger partial charge on any atom is -0.456 e. The van der Waals surface area contributed by atoms with E-state index in [0.29, 0.717) is 6.42 Å². The lowest BCUT2D eigenvalue weighted by Gasteiger charge is -2.56. The van der Waals surface area contributed by atoms with Gasteiger partial charge in [0.15, 0.2) is 18.1 Å². The standard InChI is InChI=1S/C21H23F2NO5/c22-21(23)28-16-2-1-15(6-17(16)29-21)24-18(25)11-27-19(26)10-20-7-12-3-13(8-20)5-14(4-12)9-20/h1-2,6,12-14H,3-5,7-11H2,(H,24,25). The van der Waals surface area contributed by atoms with Crippen LogP contribution in [0.25, 0.3) is 0 Å². The van der Waals surface area contributed by atoms with Gasteiger partial charge < -0.3 is 19.5 Å². The summed E-state index contributed by atoms with van der Waals surface area (Å²) in [6.45, 7) is -0.407. The maximum absolute atomic E-state index is 13.1. The summed E-state index contributed by atoms with van der Waals surface area (Å²) in [5.41, 5.74) is 0.317. The summed E-state index contributed by atoms with van der Waals surface area (Å²) in [4.78, 5) is 24.5. The van der Waals surface area contributed by atoms with Gasteiger partial charge in [0.1, 0.15) is 0 Å². The van der Waals surface area contributed by atoms with Gasteiger partial charge in [-0.25, -0.2) is 0 Å². The number of rotatable bonds is 5. The Hall–Kier alpha value is -2.38. The fourth-order valence-corrected chi connectivity index (χ4v) is 6.23. The largest absolute Gasteiger partial charge is 0.586 e. The van der Waals surface area contributed by atoms with Crippen LogP contribution in [0.1, 0.15) is 44.9 Å². The third-order valence-corrected chi connectivity index (χ3v) is 6.73. The first-order chi connectivity index (χ1) is 13.8. The van der Waals surface area contributed by atoms with E-state index < -0.39 is 18.8 Å². The van der Waals surface area contributed by atoms with Gasteiger partial charge in [-0.2, -0.15) is 0 Å². The molecule has 1 heterocycles. The van der Waals surface area contributed by atoms with Gasteiger partial charge >= 0.3 is 12.3 Å². The Morgan fingerprint density at radius 3 is 2.31 bits per heavy atom. The molecule has 5 aliphatic rings. The summed E-state index contributed by atoms with van der Waals surface area (Å²) in [7, 11) is 0. The van der Waals surface area contributed by atoms with Gasteiger partial charge in [0.25, 0.3) is 5.91 Å². The maximum Gasteiger partial charge on any atom is 0.586 e. The number of benzene rings is 1. The number of hydrogen-bond donors (Lipinski definition) is 1. The third-order valence-electron chi connectivity index (χ3n) is 6.73. The summed E-state index contributed by atoms with van der Waals surface area (Å²) in [5.74, 6) is 1.10. The molecule has 1 aromatic carbocycles. The number of ether oxygens (including phenoxy) is 3. The first kappa shape index (κ1) is 18.6. The molecule has 1 N–H and O–H groups in total. The van der Waals surface area contributed by atoms with Crippen LogP contribution in [-0.4, -0.2) is 24.8 Å². The zero-order chi connectivity index (χ0) is 20.2. The highest BCUT2D eigenvalue weighted by Crippen LogP contribution is 2.61. The van der Waals surface area contributed by atoms with E-state index in [-0.39, 0.29) is 28.6 Å². The normalized spacial score (nSPS) is 32.8. The van der Waals surface area contributed by atoms with Gasteiger partial charge in [0.05, 0.1) is 6.42 Å². The van der Waals surface area contributed by atoms with Crippen molar-refractivity contribution in [2.45, 2.75) is 51.2 Å². The lowest BCUT2D eigenvalue weighted by Crippen LogP contribution is -2.47. The van der Waals surface area contributed by atoms with Crippen LogP contribution in [0.5, 0.6) is 11.5 Å². The van der Waals surface area contributed by atoms with Crippen molar-refractivity contribution in [1.29, 1.82) is 0 Å². The van der Waals surface area contributed by atoms with E-state index in [0.717, 1.165) is 37.0 Å². The number of esters is 1. The topological polar surface area (TPSA) is 73.9 Å². The number of alkyl halides is 2. The first-order valence-corrected chi connectivity index (χ1v) is 10.1. The molecule has 156 valence electrons. The SMILES string of the molecule is O=C(COC(=O)CC12CC3CC(CC(C3)C1)C2)Nc1ccc2c(c1)OC(F)(F)O2. The Labute approximate surface area is 166 Å². The van der Waals surface area contributed by atoms with E-state index >= 15 is 0 Å². The van der Waals surface area contributed by atoms with Crippen molar-refractivity contribution in [2.24, 2.45) is 23.2 Å². The average molecular weight is 407 g/mol. The lowest BCUT2D eigenvalue weighted by molar-refractivity contribution is -0.286. The van der Waals surface area contributed by atoms with Crippen molar-refractivity contribution >= 4 is 17.6 Å². The zero-order valence-electron chi connectivity index (χ0n) is 15.9. The fraction of sp³-hybridized carbons (Fsp3) is 0.619. The van der Waals surface area contributed by atoms with E-state index in [4.69, 9.17) is 4.74 Å². The Bertz CT molecular complexity index is 820. The van der Waals surface area contributed by atoms with E-state index in [2.05, 4.69) is 14.8 Å². The van der Waals surface area contributed by atoms with Crippen molar-refractivity contribution in [3.8, 4) is 11.5 Å². The first-order valence-electron chi connectivity index (χ1n) is 10.1. The molecule has 0 saturated heterocycles. The van der Waals surface area contributed by atoms with Crippen LogP contribution in [0.15, 0.2) is 18.2 Å². The van der Waals surface area contributed by atoms with Gasteiger partial charge in [-0.05, 0) is 73.8 Å². The molecule has 4 fully saturated rings. The summed E-state index contributed by atoms with van der Waals surface area (Å²) >= 11 is 0. The van der Waals surface area contributed by atoms with Crippen molar-refractivity contribution in [3.05, 3.63) is 18.2 Å². The van der Waals surface area contributed by atoms with Crippen molar-refractivity contribution < 1.29 is 32.6 Å². The molecule has 29 heavy (non-hydrogen) atoms. The smallest absolute Gasteiger partial charge is 0.456 e. The molecule has 4 saturated carbocycles. The molecule has 1 aromatic rings. The number of fused-ring (bicyclic) bond motifs is 1. The number of halogens is 2. The second-order valence-electron chi connectivity index (χ2n) is 9.13. The predicted octanol–water partition coefficient (Wildman–Crippen LogP) is 4.10. The van der Waals surface area contributed by atoms with Gasteiger partial charge in [-0.15, -0.1) is 8.78 Å². The highest BCUT2D eigenvalue weighted by Gasteiger charge is 2.51. The van der Waals surface area contributed by atoms with E-state index in [1.54, 1.807) is 0 Å². The van der Waals surface area contributed by atoms with Crippen molar-refractivity contribution in [1.82, 2.24) is 0 Å². The monoisotopic (exact) mass is 407 g/mol. The van der Waals surface area contributed by atoms with E-state index in [1.807, 2.05) is 0 Å². The van der Waals surface area contributed by atoms with Crippen LogP contribution >= 0.6 is 0 Å². The predicted molar refractivity (Wildman–Crippen MR) is 97.5 cm³/mol. The number of carbonyl (C=O) groups excluding carboxylic acids is 2.